The molecule has 1 atom stereocenters. The highest BCUT2D eigenvalue weighted by atomic mass is 79.9. The summed E-state index contributed by atoms with van der Waals surface area (Å²) in [4.78, 5) is 13.1. The Hall–Kier alpha value is -1.07. The van der Waals surface area contributed by atoms with Crippen LogP contribution in [0, 0.1) is 0 Å². The minimum absolute atomic E-state index is 0.113. The van der Waals surface area contributed by atoms with E-state index in [1.807, 2.05) is 0 Å². The minimum Gasteiger partial charge on any atom is -0.495 e. The summed E-state index contributed by atoms with van der Waals surface area (Å²) in [5, 5.41) is 3.42. The third-order valence-corrected chi connectivity index (χ3v) is 4.84. The van der Waals surface area contributed by atoms with Crippen LogP contribution >= 0.6 is 15.9 Å². The van der Waals surface area contributed by atoms with Gasteiger partial charge in [0, 0.05) is 0 Å². The van der Waals surface area contributed by atoms with Crippen molar-refractivity contribution in [3.8, 4) is 11.5 Å². The molecule has 0 aliphatic carbocycles. The first kappa shape index (κ1) is 16.3. The molecular formula is C16H22BrNO3. The van der Waals surface area contributed by atoms with Crippen LogP contribution in [0.2, 0.25) is 0 Å². The summed E-state index contributed by atoms with van der Waals surface area (Å²) >= 11 is 3.46. The molecule has 0 saturated carbocycles. The maximum Gasteiger partial charge on any atom is 0.186 e. The molecule has 0 bridgehead atoms. The third kappa shape index (κ3) is 2.94. The number of ether oxygens (including phenoxy) is 2. The molecule has 0 aromatic heterocycles. The van der Waals surface area contributed by atoms with E-state index in [9.17, 15) is 4.79 Å². The molecule has 1 aromatic carbocycles. The van der Waals surface area contributed by atoms with Crippen LogP contribution in [0.4, 0.5) is 0 Å². The van der Waals surface area contributed by atoms with Crippen molar-refractivity contribution in [2.75, 3.05) is 20.8 Å². The summed E-state index contributed by atoms with van der Waals surface area (Å²) in [6.45, 7) is 3.00. The van der Waals surface area contributed by atoms with Crippen LogP contribution in [-0.4, -0.2) is 32.1 Å². The normalized spacial score (nSPS) is 21.3. The summed E-state index contributed by atoms with van der Waals surface area (Å²) < 4.78 is 11.4. The van der Waals surface area contributed by atoms with E-state index >= 15 is 0 Å². The van der Waals surface area contributed by atoms with Gasteiger partial charge in [0.15, 0.2) is 5.78 Å². The molecule has 1 fully saturated rings. The lowest BCUT2D eigenvalue weighted by atomic mass is 9.83. The molecule has 1 unspecified atom stereocenters. The van der Waals surface area contributed by atoms with Crippen LogP contribution in [0.25, 0.3) is 0 Å². The predicted molar refractivity (Wildman–Crippen MR) is 86.5 cm³/mol. The van der Waals surface area contributed by atoms with Crippen LogP contribution in [-0.2, 0) is 0 Å². The van der Waals surface area contributed by atoms with Crippen molar-refractivity contribution >= 4 is 21.7 Å². The molecule has 0 amide bonds. The van der Waals surface area contributed by atoms with Crippen LogP contribution in [0.5, 0.6) is 11.5 Å². The van der Waals surface area contributed by atoms with Gasteiger partial charge in [-0.15, -0.1) is 0 Å². The van der Waals surface area contributed by atoms with Gasteiger partial charge in [0.25, 0.3) is 0 Å². The molecule has 1 N–H and O–H groups in total. The number of methoxy groups -OCH3 is 2. The topological polar surface area (TPSA) is 47.6 Å². The summed E-state index contributed by atoms with van der Waals surface area (Å²) in [6, 6.07) is 3.59. The van der Waals surface area contributed by atoms with Crippen LogP contribution in [0.1, 0.15) is 43.0 Å². The molecule has 1 aromatic rings. The van der Waals surface area contributed by atoms with E-state index in [2.05, 4.69) is 28.2 Å². The van der Waals surface area contributed by atoms with Crippen molar-refractivity contribution in [3.63, 3.8) is 0 Å². The average Bonchev–Trinajstić information content (AvgIpc) is 2.96. The average molecular weight is 356 g/mol. The van der Waals surface area contributed by atoms with Crippen molar-refractivity contribution in [1.82, 2.24) is 5.32 Å². The number of hydrogen-bond acceptors (Lipinski definition) is 4. The number of rotatable bonds is 6. The van der Waals surface area contributed by atoms with Gasteiger partial charge in [-0.3, -0.25) is 4.79 Å². The van der Waals surface area contributed by atoms with E-state index in [0.29, 0.717) is 21.5 Å². The predicted octanol–water partition coefficient (Wildman–Crippen LogP) is 3.57. The van der Waals surface area contributed by atoms with Crippen LogP contribution in [0.15, 0.2) is 16.6 Å². The number of ketones is 1. The summed E-state index contributed by atoms with van der Waals surface area (Å²) in [6.07, 6.45) is 3.73. The molecule has 1 aliphatic rings. The lowest BCUT2D eigenvalue weighted by molar-refractivity contribution is 0.0854. The fourth-order valence-corrected chi connectivity index (χ4v) is 3.76. The lowest BCUT2D eigenvalue weighted by Crippen LogP contribution is -2.47. The standard InChI is InChI=1S/C16H22BrNO3/c1-4-8-16(9-5-10-18-16)15(19)11-6-7-12(20-2)13(17)14(11)21-3/h6-7,18H,4-5,8-10H2,1-3H3. The Labute approximate surface area is 134 Å². The van der Waals surface area contributed by atoms with E-state index in [1.165, 1.54) is 0 Å². The van der Waals surface area contributed by atoms with Gasteiger partial charge >= 0.3 is 0 Å². The maximum absolute atomic E-state index is 13.1. The Morgan fingerprint density at radius 1 is 1.38 bits per heavy atom. The second-order valence-electron chi connectivity index (χ2n) is 5.35. The van der Waals surface area contributed by atoms with Gasteiger partial charge in [-0.05, 0) is 53.9 Å². The zero-order valence-electron chi connectivity index (χ0n) is 12.8. The monoisotopic (exact) mass is 355 g/mol. The number of Topliss-reactive ketones (excluding diaryl/α,β-unsaturated/α-hetero) is 1. The SMILES string of the molecule is CCCC1(C(=O)c2ccc(OC)c(Br)c2OC)CCCN1. The first-order chi connectivity index (χ1) is 10.1. The fraction of sp³-hybridized carbons (Fsp3) is 0.562. The molecule has 0 spiro atoms. The number of carbonyl (C=O) groups is 1. The Morgan fingerprint density at radius 3 is 2.67 bits per heavy atom. The number of hydrogen-bond donors (Lipinski definition) is 1. The van der Waals surface area contributed by atoms with Crippen molar-refractivity contribution in [2.45, 2.75) is 38.1 Å². The molecule has 2 rings (SSSR count). The minimum atomic E-state index is -0.448. The lowest BCUT2D eigenvalue weighted by Gasteiger charge is -2.28. The van der Waals surface area contributed by atoms with E-state index < -0.39 is 5.54 Å². The molecular weight excluding hydrogens is 334 g/mol. The first-order valence-electron chi connectivity index (χ1n) is 7.30. The summed E-state index contributed by atoms with van der Waals surface area (Å²) in [5.74, 6) is 1.32. The Kier molecular flexibility index (Phi) is 5.27. The zero-order chi connectivity index (χ0) is 15.5. The Balaban J connectivity index is 2.45. The van der Waals surface area contributed by atoms with Crippen molar-refractivity contribution in [2.24, 2.45) is 0 Å². The van der Waals surface area contributed by atoms with Crippen molar-refractivity contribution < 1.29 is 14.3 Å². The number of carbonyl (C=O) groups excluding carboxylic acids is 1. The number of nitrogens with one attached hydrogen (secondary N) is 1. The Morgan fingerprint density at radius 2 is 2.14 bits per heavy atom. The van der Waals surface area contributed by atoms with Gasteiger partial charge in [-0.1, -0.05) is 13.3 Å². The number of benzene rings is 1. The van der Waals surface area contributed by atoms with E-state index in [1.54, 1.807) is 26.4 Å². The molecule has 1 saturated heterocycles. The highest BCUT2D eigenvalue weighted by Crippen LogP contribution is 2.40. The smallest absolute Gasteiger partial charge is 0.186 e. The molecule has 5 heteroatoms. The highest BCUT2D eigenvalue weighted by molar-refractivity contribution is 9.10. The Bertz CT molecular complexity index is 524. The molecule has 1 aliphatic heterocycles. The maximum atomic E-state index is 13.1. The quantitative estimate of drug-likeness (QED) is 0.792. The molecule has 21 heavy (non-hydrogen) atoms. The van der Waals surface area contributed by atoms with Crippen molar-refractivity contribution in [3.05, 3.63) is 22.2 Å². The van der Waals surface area contributed by atoms with Gasteiger partial charge in [0.1, 0.15) is 16.0 Å². The number of halogens is 1. The van der Waals surface area contributed by atoms with E-state index in [0.717, 1.165) is 32.2 Å². The molecule has 116 valence electrons. The second kappa shape index (κ2) is 6.79. The highest BCUT2D eigenvalue weighted by Gasteiger charge is 2.41. The summed E-state index contributed by atoms with van der Waals surface area (Å²) in [7, 11) is 3.17. The van der Waals surface area contributed by atoms with Gasteiger partial charge < -0.3 is 14.8 Å². The zero-order valence-corrected chi connectivity index (χ0v) is 14.4. The second-order valence-corrected chi connectivity index (χ2v) is 6.15. The van der Waals surface area contributed by atoms with Gasteiger partial charge in [0.05, 0.1) is 25.3 Å². The first-order valence-corrected chi connectivity index (χ1v) is 8.09. The van der Waals surface area contributed by atoms with E-state index in [4.69, 9.17) is 9.47 Å². The summed E-state index contributed by atoms with van der Waals surface area (Å²) in [5.41, 5.74) is 0.156. The molecule has 0 radical (unpaired) electrons. The van der Waals surface area contributed by atoms with Crippen LogP contribution in [0.3, 0.4) is 0 Å². The van der Waals surface area contributed by atoms with E-state index in [-0.39, 0.29) is 5.78 Å². The van der Waals surface area contributed by atoms with Crippen LogP contribution < -0.4 is 14.8 Å². The van der Waals surface area contributed by atoms with Crippen molar-refractivity contribution in [1.29, 1.82) is 0 Å². The van der Waals surface area contributed by atoms with Gasteiger partial charge in [-0.2, -0.15) is 0 Å². The largest absolute Gasteiger partial charge is 0.495 e. The van der Waals surface area contributed by atoms with Gasteiger partial charge in [0.2, 0.25) is 0 Å². The molecule has 1 heterocycles. The van der Waals surface area contributed by atoms with Gasteiger partial charge in [-0.25, -0.2) is 0 Å². The fourth-order valence-electron chi connectivity index (χ4n) is 3.09. The molecule has 4 nitrogen and oxygen atoms in total. The third-order valence-electron chi connectivity index (χ3n) is 4.09.